The highest BCUT2D eigenvalue weighted by atomic mass is 15.0. The van der Waals surface area contributed by atoms with Gasteiger partial charge >= 0.3 is 0 Å². The van der Waals surface area contributed by atoms with E-state index in [1.165, 1.54) is 35.9 Å². The molecule has 0 saturated carbocycles. The van der Waals surface area contributed by atoms with E-state index in [4.69, 9.17) is 0 Å². The molecule has 2 rings (SSSR count). The molecule has 2 nitrogen and oxygen atoms in total. The molecule has 0 aliphatic rings. The second-order valence-corrected chi connectivity index (χ2v) is 5.66. The lowest BCUT2D eigenvalue weighted by Gasteiger charge is -2.17. The van der Waals surface area contributed by atoms with Gasteiger partial charge in [0.05, 0.1) is 0 Å². The molecule has 1 heterocycles. The van der Waals surface area contributed by atoms with Crippen LogP contribution in [-0.2, 0) is 13.1 Å². The molecule has 0 radical (unpaired) electrons. The zero-order valence-electron chi connectivity index (χ0n) is 13.2. The highest BCUT2D eigenvalue weighted by Gasteiger charge is 2.12. The van der Waals surface area contributed by atoms with E-state index in [0.717, 1.165) is 25.6 Å². The number of nitrogens with zero attached hydrogens (tertiary/aromatic N) is 1. The first-order valence-corrected chi connectivity index (χ1v) is 8.07. The normalized spacial score (nSPS) is 11.6. The average Bonchev–Trinajstić information content (AvgIpc) is 2.83. The Bertz CT molecular complexity index is 523. The van der Waals surface area contributed by atoms with Gasteiger partial charge in [-0.25, -0.2) is 0 Å². The standard InChI is InChI=1S/C18H28N2/c1-4-11-19-13-17-12-16-9-7-8-10-18(16)20(17)14-15(5-2)6-3/h7-10,12,15,19H,4-6,11,13-14H2,1-3H3. The van der Waals surface area contributed by atoms with Crippen molar-refractivity contribution in [1.82, 2.24) is 9.88 Å². The lowest BCUT2D eigenvalue weighted by Crippen LogP contribution is -2.19. The Labute approximate surface area is 123 Å². The molecule has 0 aliphatic carbocycles. The first-order chi connectivity index (χ1) is 9.80. The minimum absolute atomic E-state index is 0.774. The molecule has 1 N–H and O–H groups in total. The van der Waals surface area contributed by atoms with E-state index in [2.05, 4.69) is 61.0 Å². The second-order valence-electron chi connectivity index (χ2n) is 5.66. The Morgan fingerprint density at radius 2 is 1.85 bits per heavy atom. The maximum atomic E-state index is 3.54. The molecule has 0 atom stereocenters. The number of hydrogen-bond donors (Lipinski definition) is 1. The number of rotatable bonds is 8. The maximum absolute atomic E-state index is 3.54. The minimum atomic E-state index is 0.774. The summed E-state index contributed by atoms with van der Waals surface area (Å²) in [7, 11) is 0. The summed E-state index contributed by atoms with van der Waals surface area (Å²) in [4.78, 5) is 0. The van der Waals surface area contributed by atoms with Crippen molar-refractivity contribution in [3.8, 4) is 0 Å². The van der Waals surface area contributed by atoms with Gasteiger partial charge in [-0.1, -0.05) is 51.8 Å². The van der Waals surface area contributed by atoms with Gasteiger partial charge in [0, 0.05) is 24.3 Å². The molecule has 0 aliphatic heterocycles. The van der Waals surface area contributed by atoms with Crippen molar-refractivity contribution in [1.29, 1.82) is 0 Å². The number of aromatic nitrogens is 1. The van der Waals surface area contributed by atoms with Crippen LogP contribution in [0.25, 0.3) is 10.9 Å². The molecule has 2 aromatic rings. The predicted molar refractivity (Wildman–Crippen MR) is 88.0 cm³/mol. The van der Waals surface area contributed by atoms with Gasteiger partial charge in [-0.2, -0.15) is 0 Å². The summed E-state index contributed by atoms with van der Waals surface area (Å²) in [6.45, 7) is 10.0. The van der Waals surface area contributed by atoms with Crippen LogP contribution in [0.1, 0.15) is 45.7 Å². The van der Waals surface area contributed by atoms with E-state index in [1.54, 1.807) is 0 Å². The fraction of sp³-hybridized carbons (Fsp3) is 0.556. The van der Waals surface area contributed by atoms with Crippen LogP contribution in [0.3, 0.4) is 0 Å². The molecule has 2 heteroatoms. The average molecular weight is 272 g/mol. The van der Waals surface area contributed by atoms with Gasteiger partial charge in [-0.15, -0.1) is 0 Å². The quantitative estimate of drug-likeness (QED) is 0.696. The van der Waals surface area contributed by atoms with E-state index < -0.39 is 0 Å². The van der Waals surface area contributed by atoms with Crippen molar-refractivity contribution < 1.29 is 0 Å². The first-order valence-electron chi connectivity index (χ1n) is 8.07. The van der Waals surface area contributed by atoms with Gasteiger partial charge in [-0.05, 0) is 36.4 Å². The zero-order chi connectivity index (χ0) is 14.4. The van der Waals surface area contributed by atoms with Crippen LogP contribution in [0, 0.1) is 5.92 Å². The minimum Gasteiger partial charge on any atom is -0.343 e. The van der Waals surface area contributed by atoms with Gasteiger partial charge in [0.15, 0.2) is 0 Å². The van der Waals surface area contributed by atoms with Crippen LogP contribution in [0.5, 0.6) is 0 Å². The van der Waals surface area contributed by atoms with Crippen molar-refractivity contribution in [2.75, 3.05) is 6.54 Å². The molecular formula is C18H28N2. The molecule has 0 fully saturated rings. The lowest BCUT2D eigenvalue weighted by atomic mass is 10.0. The van der Waals surface area contributed by atoms with Crippen molar-refractivity contribution in [3.63, 3.8) is 0 Å². The number of fused-ring (bicyclic) bond motifs is 1. The van der Waals surface area contributed by atoms with Gasteiger partial charge < -0.3 is 9.88 Å². The maximum Gasteiger partial charge on any atom is 0.0483 e. The topological polar surface area (TPSA) is 17.0 Å². The summed E-state index contributed by atoms with van der Waals surface area (Å²) in [6, 6.07) is 11.1. The van der Waals surface area contributed by atoms with E-state index >= 15 is 0 Å². The summed E-state index contributed by atoms with van der Waals surface area (Å²) >= 11 is 0. The largest absolute Gasteiger partial charge is 0.343 e. The van der Waals surface area contributed by atoms with Crippen LogP contribution < -0.4 is 5.32 Å². The summed E-state index contributed by atoms with van der Waals surface area (Å²) in [5.41, 5.74) is 2.80. The summed E-state index contributed by atoms with van der Waals surface area (Å²) < 4.78 is 2.52. The molecule has 0 spiro atoms. The Kier molecular flexibility index (Phi) is 5.66. The van der Waals surface area contributed by atoms with Crippen molar-refractivity contribution in [3.05, 3.63) is 36.0 Å². The van der Waals surface area contributed by atoms with Gasteiger partial charge in [-0.3, -0.25) is 0 Å². The van der Waals surface area contributed by atoms with E-state index in [9.17, 15) is 0 Å². The van der Waals surface area contributed by atoms with Crippen molar-refractivity contribution >= 4 is 10.9 Å². The van der Waals surface area contributed by atoms with Crippen LogP contribution >= 0.6 is 0 Å². The zero-order valence-corrected chi connectivity index (χ0v) is 13.2. The van der Waals surface area contributed by atoms with Gasteiger partial charge in [0.25, 0.3) is 0 Å². The first kappa shape index (κ1) is 15.1. The highest BCUT2D eigenvalue weighted by molar-refractivity contribution is 5.81. The van der Waals surface area contributed by atoms with Crippen molar-refractivity contribution in [2.45, 2.75) is 53.1 Å². The Hall–Kier alpha value is -1.28. The predicted octanol–water partition coefficient (Wildman–Crippen LogP) is 4.58. The molecule has 20 heavy (non-hydrogen) atoms. The lowest BCUT2D eigenvalue weighted by molar-refractivity contribution is 0.416. The fourth-order valence-electron chi connectivity index (χ4n) is 2.83. The molecule has 0 bridgehead atoms. The molecule has 0 saturated heterocycles. The van der Waals surface area contributed by atoms with Crippen LogP contribution in [0.15, 0.2) is 30.3 Å². The molecule has 110 valence electrons. The second kappa shape index (κ2) is 7.49. The Morgan fingerprint density at radius 1 is 1.10 bits per heavy atom. The van der Waals surface area contributed by atoms with Gasteiger partial charge in [0.2, 0.25) is 0 Å². The summed E-state index contributed by atoms with van der Waals surface area (Å²) in [5, 5.41) is 4.91. The third-order valence-electron chi connectivity index (χ3n) is 4.22. The Morgan fingerprint density at radius 3 is 2.55 bits per heavy atom. The van der Waals surface area contributed by atoms with Crippen molar-refractivity contribution in [2.24, 2.45) is 5.92 Å². The number of para-hydroxylation sites is 1. The molecule has 1 aromatic carbocycles. The van der Waals surface area contributed by atoms with E-state index in [1.807, 2.05) is 0 Å². The monoisotopic (exact) mass is 272 g/mol. The van der Waals surface area contributed by atoms with E-state index in [-0.39, 0.29) is 0 Å². The van der Waals surface area contributed by atoms with Gasteiger partial charge in [0.1, 0.15) is 0 Å². The summed E-state index contributed by atoms with van der Waals surface area (Å²) in [6.07, 6.45) is 3.70. The summed E-state index contributed by atoms with van der Waals surface area (Å²) in [5.74, 6) is 0.774. The van der Waals surface area contributed by atoms with Crippen LogP contribution in [0.2, 0.25) is 0 Å². The highest BCUT2D eigenvalue weighted by Crippen LogP contribution is 2.23. The SMILES string of the molecule is CCCNCc1cc2ccccc2n1CC(CC)CC. The Balaban J connectivity index is 2.28. The molecule has 0 unspecified atom stereocenters. The van der Waals surface area contributed by atoms with E-state index in [0.29, 0.717) is 0 Å². The number of benzene rings is 1. The molecule has 1 aromatic heterocycles. The third-order valence-corrected chi connectivity index (χ3v) is 4.22. The number of hydrogen-bond acceptors (Lipinski definition) is 1. The smallest absolute Gasteiger partial charge is 0.0483 e. The van der Waals surface area contributed by atoms with Crippen LogP contribution in [0.4, 0.5) is 0 Å². The third kappa shape index (κ3) is 3.43. The molecular weight excluding hydrogens is 244 g/mol. The van der Waals surface area contributed by atoms with Crippen LogP contribution in [-0.4, -0.2) is 11.1 Å². The molecule has 0 amide bonds. The fourth-order valence-corrected chi connectivity index (χ4v) is 2.83. The number of nitrogens with one attached hydrogen (secondary N) is 1.